The lowest BCUT2D eigenvalue weighted by Crippen LogP contribution is -2.33. The van der Waals surface area contributed by atoms with Crippen LogP contribution in [0.25, 0.3) is 0 Å². The molecule has 1 atom stereocenters. The standard InChI is InChI=1S/C24H20ClN3O2/c1-14-3-5-16(6-4-14)13-28-15(2)11-20-22(24(28)29)21(19(12-26)23(27)30-20)17-7-9-18(25)10-8-17/h3-11,21H,13,27H2,1-2H3/t21-/m1/s1. The molecule has 3 aromatic rings. The van der Waals surface area contributed by atoms with Gasteiger partial charge < -0.3 is 15.0 Å². The van der Waals surface area contributed by atoms with Crippen LogP contribution < -0.4 is 16.0 Å². The first-order valence-electron chi connectivity index (χ1n) is 9.52. The summed E-state index contributed by atoms with van der Waals surface area (Å²) in [5.41, 5.74) is 10.1. The van der Waals surface area contributed by atoms with Gasteiger partial charge in [0.25, 0.3) is 5.56 Å². The van der Waals surface area contributed by atoms with Crippen molar-refractivity contribution in [2.45, 2.75) is 26.3 Å². The van der Waals surface area contributed by atoms with Crippen molar-refractivity contribution in [2.75, 3.05) is 0 Å². The molecule has 0 amide bonds. The second kappa shape index (κ2) is 7.74. The first-order chi connectivity index (χ1) is 14.4. The largest absolute Gasteiger partial charge is 0.440 e. The molecule has 5 nitrogen and oxygen atoms in total. The van der Waals surface area contributed by atoms with Crippen LogP contribution in [0.15, 0.2) is 70.8 Å². The fourth-order valence-electron chi connectivity index (χ4n) is 3.75. The predicted molar refractivity (Wildman–Crippen MR) is 116 cm³/mol. The zero-order valence-electron chi connectivity index (χ0n) is 16.6. The first kappa shape index (κ1) is 19.8. The van der Waals surface area contributed by atoms with E-state index in [1.165, 1.54) is 0 Å². The second-order valence-corrected chi connectivity index (χ2v) is 7.85. The van der Waals surface area contributed by atoms with E-state index in [9.17, 15) is 10.1 Å². The van der Waals surface area contributed by atoms with Crippen molar-refractivity contribution >= 4 is 11.6 Å². The summed E-state index contributed by atoms with van der Waals surface area (Å²) >= 11 is 6.04. The van der Waals surface area contributed by atoms with Crippen molar-refractivity contribution in [1.82, 2.24) is 4.57 Å². The molecule has 4 rings (SSSR count). The maximum absolute atomic E-state index is 13.6. The number of nitrogens with two attached hydrogens (primary N) is 1. The van der Waals surface area contributed by atoms with E-state index in [1.807, 2.05) is 38.1 Å². The summed E-state index contributed by atoms with van der Waals surface area (Å²) in [6.07, 6.45) is 0. The van der Waals surface area contributed by atoms with Crippen molar-refractivity contribution < 1.29 is 4.74 Å². The lowest BCUT2D eigenvalue weighted by molar-refractivity contribution is 0.389. The number of allylic oxidation sites excluding steroid dienone is 1. The van der Waals surface area contributed by atoms with Crippen LogP contribution in [0, 0.1) is 25.2 Å². The Labute approximate surface area is 179 Å². The number of ether oxygens (including phenoxy) is 1. The zero-order valence-corrected chi connectivity index (χ0v) is 17.4. The summed E-state index contributed by atoms with van der Waals surface area (Å²) in [6.45, 7) is 4.30. The number of nitriles is 1. The zero-order chi connectivity index (χ0) is 21.4. The minimum atomic E-state index is -0.617. The number of halogens is 1. The molecule has 30 heavy (non-hydrogen) atoms. The molecule has 0 spiro atoms. The van der Waals surface area contributed by atoms with Crippen LogP contribution in [0.5, 0.6) is 5.75 Å². The maximum atomic E-state index is 13.6. The molecule has 1 aliphatic rings. The molecule has 0 saturated heterocycles. The minimum Gasteiger partial charge on any atom is -0.440 e. The van der Waals surface area contributed by atoms with E-state index >= 15 is 0 Å². The third-order valence-electron chi connectivity index (χ3n) is 5.35. The highest BCUT2D eigenvalue weighted by molar-refractivity contribution is 6.30. The van der Waals surface area contributed by atoms with Crippen molar-refractivity contribution in [3.05, 3.63) is 109 Å². The number of nitrogens with zero attached hydrogens (tertiary/aromatic N) is 2. The van der Waals surface area contributed by atoms with Gasteiger partial charge in [0.15, 0.2) is 0 Å². The van der Waals surface area contributed by atoms with Crippen LogP contribution in [-0.4, -0.2) is 4.57 Å². The Morgan fingerprint density at radius 1 is 1.13 bits per heavy atom. The van der Waals surface area contributed by atoms with E-state index in [4.69, 9.17) is 22.1 Å². The summed E-state index contributed by atoms with van der Waals surface area (Å²) in [4.78, 5) is 13.6. The Kier molecular flexibility index (Phi) is 5.11. The maximum Gasteiger partial charge on any atom is 0.259 e. The van der Waals surface area contributed by atoms with Crippen LogP contribution in [0.3, 0.4) is 0 Å². The van der Waals surface area contributed by atoms with E-state index < -0.39 is 5.92 Å². The number of aryl methyl sites for hydroxylation is 2. The Balaban J connectivity index is 1.90. The van der Waals surface area contributed by atoms with Gasteiger partial charge in [0.05, 0.1) is 18.0 Å². The van der Waals surface area contributed by atoms with Gasteiger partial charge in [-0.05, 0) is 37.1 Å². The van der Waals surface area contributed by atoms with Gasteiger partial charge in [-0.15, -0.1) is 0 Å². The number of hydrogen-bond acceptors (Lipinski definition) is 4. The smallest absolute Gasteiger partial charge is 0.259 e. The number of pyridine rings is 1. The molecule has 1 aliphatic heterocycles. The number of rotatable bonds is 3. The number of hydrogen-bond donors (Lipinski definition) is 1. The second-order valence-electron chi connectivity index (χ2n) is 7.42. The fourth-order valence-corrected chi connectivity index (χ4v) is 3.87. The summed E-state index contributed by atoms with van der Waals surface area (Å²) in [6, 6.07) is 19.0. The van der Waals surface area contributed by atoms with Crippen molar-refractivity contribution in [3.63, 3.8) is 0 Å². The number of fused-ring (bicyclic) bond motifs is 1. The summed E-state index contributed by atoms with van der Waals surface area (Å²) in [5, 5.41) is 10.3. The van der Waals surface area contributed by atoms with Crippen LogP contribution in [0.4, 0.5) is 0 Å². The van der Waals surface area contributed by atoms with Gasteiger partial charge in [0, 0.05) is 16.8 Å². The highest BCUT2D eigenvalue weighted by atomic mass is 35.5. The highest BCUT2D eigenvalue weighted by Crippen LogP contribution is 2.40. The van der Waals surface area contributed by atoms with E-state index in [0.29, 0.717) is 22.9 Å². The van der Waals surface area contributed by atoms with Crippen LogP contribution >= 0.6 is 11.6 Å². The topological polar surface area (TPSA) is 81.0 Å². The van der Waals surface area contributed by atoms with Gasteiger partial charge in [0.2, 0.25) is 5.88 Å². The molecule has 0 radical (unpaired) electrons. The van der Waals surface area contributed by atoms with Gasteiger partial charge in [-0.2, -0.15) is 5.26 Å². The molecule has 1 aromatic heterocycles. The lowest BCUT2D eigenvalue weighted by atomic mass is 9.84. The molecule has 150 valence electrons. The normalized spacial score (nSPS) is 15.3. The highest BCUT2D eigenvalue weighted by Gasteiger charge is 2.34. The molecule has 0 aliphatic carbocycles. The third-order valence-corrected chi connectivity index (χ3v) is 5.61. The van der Waals surface area contributed by atoms with Gasteiger partial charge in [-0.25, -0.2) is 0 Å². The van der Waals surface area contributed by atoms with Crippen LogP contribution in [-0.2, 0) is 6.54 Å². The van der Waals surface area contributed by atoms with Crippen LogP contribution in [0.2, 0.25) is 5.02 Å². The Hall–Kier alpha value is -3.49. The molecule has 2 heterocycles. The van der Waals surface area contributed by atoms with E-state index in [1.54, 1.807) is 34.9 Å². The SMILES string of the molecule is Cc1ccc(Cn2c(C)cc3c(c2=O)[C@H](c2ccc(Cl)cc2)C(C#N)=C(N)O3)cc1. The molecule has 0 unspecified atom stereocenters. The van der Waals surface area contributed by atoms with Crippen LogP contribution in [0.1, 0.15) is 33.9 Å². The first-order valence-corrected chi connectivity index (χ1v) is 9.89. The van der Waals surface area contributed by atoms with Gasteiger partial charge in [0.1, 0.15) is 17.4 Å². The van der Waals surface area contributed by atoms with E-state index in [0.717, 1.165) is 22.4 Å². The van der Waals surface area contributed by atoms with Crippen molar-refractivity contribution in [3.8, 4) is 11.8 Å². The van der Waals surface area contributed by atoms with Crippen molar-refractivity contribution in [1.29, 1.82) is 5.26 Å². The Morgan fingerprint density at radius 3 is 2.43 bits per heavy atom. The summed E-state index contributed by atoms with van der Waals surface area (Å²) in [7, 11) is 0. The summed E-state index contributed by atoms with van der Waals surface area (Å²) in [5.74, 6) is -0.220. The molecule has 0 bridgehead atoms. The molecular formula is C24H20ClN3O2. The molecule has 2 N–H and O–H groups in total. The quantitative estimate of drug-likeness (QED) is 0.685. The Morgan fingerprint density at radius 2 is 1.80 bits per heavy atom. The molecule has 6 heteroatoms. The predicted octanol–water partition coefficient (Wildman–Crippen LogP) is 4.39. The molecule has 0 saturated carbocycles. The third kappa shape index (κ3) is 3.47. The molecular weight excluding hydrogens is 398 g/mol. The average molecular weight is 418 g/mol. The lowest BCUT2D eigenvalue weighted by Gasteiger charge is -2.27. The van der Waals surface area contributed by atoms with Crippen molar-refractivity contribution in [2.24, 2.45) is 5.73 Å². The minimum absolute atomic E-state index is 0.0139. The van der Waals surface area contributed by atoms with Gasteiger partial charge in [-0.3, -0.25) is 4.79 Å². The summed E-state index contributed by atoms with van der Waals surface area (Å²) < 4.78 is 7.39. The van der Waals surface area contributed by atoms with Gasteiger partial charge >= 0.3 is 0 Å². The number of benzene rings is 2. The average Bonchev–Trinajstić information content (AvgIpc) is 2.72. The monoisotopic (exact) mass is 417 g/mol. The fraction of sp³-hybridized carbons (Fsp3) is 0.167. The van der Waals surface area contributed by atoms with E-state index in [2.05, 4.69) is 6.07 Å². The van der Waals surface area contributed by atoms with Gasteiger partial charge in [-0.1, -0.05) is 53.6 Å². The molecule has 2 aromatic carbocycles. The number of aromatic nitrogens is 1. The Bertz CT molecular complexity index is 1250. The molecule has 0 fully saturated rings. The van der Waals surface area contributed by atoms with E-state index in [-0.39, 0.29) is 17.0 Å².